The Bertz CT molecular complexity index is 304. The third-order valence-electron chi connectivity index (χ3n) is 3.22. The third kappa shape index (κ3) is 1.28. The van der Waals surface area contributed by atoms with Crippen molar-refractivity contribution in [2.75, 3.05) is 0 Å². The molecule has 0 aliphatic heterocycles. The Kier molecular flexibility index (Phi) is 1.92. The van der Waals surface area contributed by atoms with Crippen molar-refractivity contribution in [2.24, 2.45) is 5.73 Å². The normalized spacial score (nSPS) is 19.6. The zero-order valence-corrected chi connectivity index (χ0v) is 8.43. The van der Waals surface area contributed by atoms with Crippen molar-refractivity contribution in [3.63, 3.8) is 0 Å². The van der Waals surface area contributed by atoms with Crippen LogP contribution in [0.25, 0.3) is 0 Å². The molecule has 1 aliphatic rings. The van der Waals surface area contributed by atoms with Crippen LogP contribution in [0.2, 0.25) is 0 Å². The SMILES string of the molecule is Cc1cccc(C)c1C1(N)CCC1. The lowest BCUT2D eigenvalue weighted by Gasteiger charge is -2.40. The van der Waals surface area contributed by atoms with Crippen LogP contribution < -0.4 is 5.73 Å². The average Bonchev–Trinajstić information content (AvgIpc) is 2.01. The molecule has 1 nitrogen and oxygen atoms in total. The first kappa shape index (κ1) is 8.76. The summed E-state index contributed by atoms with van der Waals surface area (Å²) >= 11 is 0. The average molecular weight is 175 g/mol. The van der Waals surface area contributed by atoms with Crippen LogP contribution in [0.15, 0.2) is 18.2 Å². The van der Waals surface area contributed by atoms with Gasteiger partial charge >= 0.3 is 0 Å². The smallest absolute Gasteiger partial charge is 0.0414 e. The highest BCUT2D eigenvalue weighted by Gasteiger charge is 2.36. The van der Waals surface area contributed by atoms with E-state index in [1.54, 1.807) is 0 Å². The van der Waals surface area contributed by atoms with Crippen molar-refractivity contribution in [1.82, 2.24) is 0 Å². The first-order valence-corrected chi connectivity index (χ1v) is 4.99. The first-order valence-electron chi connectivity index (χ1n) is 4.99. The summed E-state index contributed by atoms with van der Waals surface area (Å²) < 4.78 is 0. The zero-order valence-electron chi connectivity index (χ0n) is 8.43. The number of hydrogen-bond acceptors (Lipinski definition) is 1. The van der Waals surface area contributed by atoms with Crippen molar-refractivity contribution in [3.05, 3.63) is 34.9 Å². The lowest BCUT2D eigenvalue weighted by atomic mass is 9.70. The van der Waals surface area contributed by atoms with Gasteiger partial charge in [-0.25, -0.2) is 0 Å². The van der Waals surface area contributed by atoms with Gasteiger partial charge in [0.1, 0.15) is 0 Å². The molecule has 0 saturated heterocycles. The molecule has 1 saturated carbocycles. The Morgan fingerprint density at radius 3 is 2.08 bits per heavy atom. The molecule has 1 aromatic carbocycles. The van der Waals surface area contributed by atoms with Gasteiger partial charge in [0, 0.05) is 5.54 Å². The molecule has 0 heterocycles. The number of hydrogen-bond donors (Lipinski definition) is 1. The summed E-state index contributed by atoms with van der Waals surface area (Å²) in [6.45, 7) is 4.32. The Morgan fingerprint density at radius 1 is 1.15 bits per heavy atom. The lowest BCUT2D eigenvalue weighted by Crippen LogP contribution is -2.44. The minimum Gasteiger partial charge on any atom is -0.321 e. The third-order valence-corrected chi connectivity index (χ3v) is 3.22. The van der Waals surface area contributed by atoms with E-state index in [0.29, 0.717) is 0 Å². The molecule has 70 valence electrons. The molecule has 1 aliphatic carbocycles. The second-order valence-corrected chi connectivity index (χ2v) is 4.28. The predicted molar refractivity (Wildman–Crippen MR) is 55.6 cm³/mol. The largest absolute Gasteiger partial charge is 0.321 e. The van der Waals surface area contributed by atoms with Crippen molar-refractivity contribution < 1.29 is 0 Å². The molecule has 1 aromatic rings. The molecule has 0 aromatic heterocycles. The molecule has 0 atom stereocenters. The lowest BCUT2D eigenvalue weighted by molar-refractivity contribution is 0.251. The summed E-state index contributed by atoms with van der Waals surface area (Å²) in [4.78, 5) is 0. The highest BCUT2D eigenvalue weighted by molar-refractivity contribution is 5.40. The topological polar surface area (TPSA) is 26.0 Å². The monoisotopic (exact) mass is 175 g/mol. The fourth-order valence-electron chi connectivity index (χ4n) is 2.41. The number of benzene rings is 1. The number of aryl methyl sites for hydroxylation is 2. The molecule has 2 N–H and O–H groups in total. The van der Waals surface area contributed by atoms with Gasteiger partial charge in [-0.3, -0.25) is 0 Å². The Morgan fingerprint density at radius 2 is 1.69 bits per heavy atom. The van der Waals surface area contributed by atoms with Gasteiger partial charge < -0.3 is 5.73 Å². The highest BCUT2D eigenvalue weighted by Crippen LogP contribution is 2.41. The van der Waals surface area contributed by atoms with Crippen LogP contribution in [-0.4, -0.2) is 0 Å². The minimum absolute atomic E-state index is 0.00454. The van der Waals surface area contributed by atoms with Gasteiger partial charge in [-0.05, 0) is 49.8 Å². The molecular formula is C12H17N. The summed E-state index contributed by atoms with van der Waals surface area (Å²) in [6.07, 6.45) is 3.58. The summed E-state index contributed by atoms with van der Waals surface area (Å²) in [5, 5.41) is 0. The van der Waals surface area contributed by atoms with Gasteiger partial charge in [-0.2, -0.15) is 0 Å². The van der Waals surface area contributed by atoms with E-state index in [-0.39, 0.29) is 5.54 Å². The maximum Gasteiger partial charge on any atom is 0.0414 e. The van der Waals surface area contributed by atoms with E-state index in [1.807, 2.05) is 0 Å². The molecule has 0 bridgehead atoms. The molecule has 0 unspecified atom stereocenters. The zero-order chi connectivity index (χ0) is 9.47. The van der Waals surface area contributed by atoms with E-state index in [9.17, 15) is 0 Å². The molecule has 0 radical (unpaired) electrons. The van der Waals surface area contributed by atoms with Crippen LogP contribution in [0, 0.1) is 13.8 Å². The summed E-state index contributed by atoms with van der Waals surface area (Å²) in [5.41, 5.74) is 10.4. The van der Waals surface area contributed by atoms with Gasteiger partial charge in [0.05, 0.1) is 0 Å². The van der Waals surface area contributed by atoms with E-state index in [0.717, 1.165) is 12.8 Å². The molecule has 1 heteroatoms. The van der Waals surface area contributed by atoms with Crippen LogP contribution in [0.5, 0.6) is 0 Å². The highest BCUT2D eigenvalue weighted by atomic mass is 14.8. The maximum absolute atomic E-state index is 6.33. The Labute approximate surface area is 80.0 Å². The van der Waals surface area contributed by atoms with Crippen molar-refractivity contribution in [3.8, 4) is 0 Å². The molecule has 1 fully saturated rings. The number of rotatable bonds is 1. The van der Waals surface area contributed by atoms with Crippen molar-refractivity contribution in [2.45, 2.75) is 38.6 Å². The van der Waals surface area contributed by atoms with E-state index >= 15 is 0 Å². The van der Waals surface area contributed by atoms with Crippen LogP contribution in [-0.2, 0) is 5.54 Å². The fraction of sp³-hybridized carbons (Fsp3) is 0.500. The predicted octanol–water partition coefficient (Wildman–Crippen LogP) is 2.64. The quantitative estimate of drug-likeness (QED) is 0.697. The van der Waals surface area contributed by atoms with Gasteiger partial charge in [0.15, 0.2) is 0 Å². The van der Waals surface area contributed by atoms with Crippen molar-refractivity contribution >= 4 is 0 Å². The Hall–Kier alpha value is -0.820. The standard InChI is InChI=1S/C12H17N/c1-9-5-3-6-10(2)11(9)12(13)7-4-8-12/h3,5-6H,4,7-8,13H2,1-2H3. The second kappa shape index (κ2) is 2.85. The van der Waals surface area contributed by atoms with E-state index in [4.69, 9.17) is 5.73 Å². The van der Waals surface area contributed by atoms with E-state index < -0.39 is 0 Å². The van der Waals surface area contributed by atoms with Crippen LogP contribution in [0.1, 0.15) is 36.0 Å². The van der Waals surface area contributed by atoms with E-state index in [1.165, 1.54) is 23.1 Å². The summed E-state index contributed by atoms with van der Waals surface area (Å²) in [5.74, 6) is 0. The Balaban J connectivity index is 2.49. The number of nitrogens with two attached hydrogens (primary N) is 1. The second-order valence-electron chi connectivity index (χ2n) is 4.28. The molecular weight excluding hydrogens is 158 g/mol. The summed E-state index contributed by atoms with van der Waals surface area (Å²) in [6, 6.07) is 6.43. The van der Waals surface area contributed by atoms with Gasteiger partial charge in [-0.1, -0.05) is 18.2 Å². The molecule has 13 heavy (non-hydrogen) atoms. The summed E-state index contributed by atoms with van der Waals surface area (Å²) in [7, 11) is 0. The van der Waals surface area contributed by atoms with Gasteiger partial charge in [0.2, 0.25) is 0 Å². The maximum atomic E-state index is 6.33. The molecule has 0 spiro atoms. The van der Waals surface area contributed by atoms with Gasteiger partial charge in [-0.15, -0.1) is 0 Å². The van der Waals surface area contributed by atoms with Crippen LogP contribution in [0.3, 0.4) is 0 Å². The van der Waals surface area contributed by atoms with Gasteiger partial charge in [0.25, 0.3) is 0 Å². The van der Waals surface area contributed by atoms with Crippen molar-refractivity contribution in [1.29, 1.82) is 0 Å². The van der Waals surface area contributed by atoms with E-state index in [2.05, 4.69) is 32.0 Å². The van der Waals surface area contributed by atoms with Crippen LogP contribution in [0.4, 0.5) is 0 Å². The minimum atomic E-state index is -0.00454. The first-order chi connectivity index (χ1) is 6.13. The molecule has 2 rings (SSSR count). The molecule has 0 amide bonds. The fourth-order valence-corrected chi connectivity index (χ4v) is 2.41. The van der Waals surface area contributed by atoms with Crippen LogP contribution >= 0.6 is 0 Å².